The molecule has 0 radical (unpaired) electrons. The highest BCUT2D eigenvalue weighted by molar-refractivity contribution is 6.18. The fraction of sp³-hybridized carbons (Fsp3) is 1.00. The smallest absolute Gasteiger partial charge is 0.161 e. The van der Waals surface area contributed by atoms with Crippen LogP contribution < -0.4 is 0 Å². The molecule has 3 unspecified atom stereocenters. The van der Waals surface area contributed by atoms with Gasteiger partial charge in [0.2, 0.25) is 0 Å². The zero-order valence-electron chi connectivity index (χ0n) is 9.17. The van der Waals surface area contributed by atoms with E-state index in [0.29, 0.717) is 18.4 Å². The molecule has 0 bridgehead atoms. The van der Waals surface area contributed by atoms with Crippen molar-refractivity contribution in [3.05, 3.63) is 0 Å². The largest absolute Gasteiger partial charge is 0.350 e. The molecule has 1 heterocycles. The maximum absolute atomic E-state index is 5.72. The van der Waals surface area contributed by atoms with Crippen molar-refractivity contribution in [3.8, 4) is 0 Å². The van der Waals surface area contributed by atoms with E-state index in [1.807, 2.05) is 0 Å². The number of rotatable bonds is 6. The summed E-state index contributed by atoms with van der Waals surface area (Å²) < 4.78 is 11.3. The third-order valence-electron chi connectivity index (χ3n) is 2.78. The minimum Gasteiger partial charge on any atom is -0.350 e. The first-order valence-electron chi connectivity index (χ1n) is 5.64. The average Bonchev–Trinajstić information content (AvgIpc) is 2.68. The predicted molar refractivity (Wildman–Crippen MR) is 58.6 cm³/mol. The van der Waals surface area contributed by atoms with Crippen LogP contribution in [0.4, 0.5) is 0 Å². The van der Waals surface area contributed by atoms with Gasteiger partial charge in [-0.25, -0.2) is 0 Å². The molecule has 14 heavy (non-hydrogen) atoms. The summed E-state index contributed by atoms with van der Waals surface area (Å²) in [7, 11) is 0. The van der Waals surface area contributed by atoms with Gasteiger partial charge in [-0.2, -0.15) is 0 Å². The molecular formula is C11H21ClO2. The Morgan fingerprint density at radius 1 is 1.43 bits per heavy atom. The molecular weight excluding hydrogens is 200 g/mol. The second-order valence-corrected chi connectivity index (χ2v) is 4.23. The van der Waals surface area contributed by atoms with Crippen LogP contribution in [-0.2, 0) is 9.47 Å². The molecule has 1 aliphatic rings. The lowest BCUT2D eigenvalue weighted by Gasteiger charge is -2.20. The molecule has 0 spiro atoms. The minimum atomic E-state index is -0.00435. The maximum atomic E-state index is 5.72. The standard InChI is InChI=1S/C11H21ClO2/c1-3-5-6-9(4-2)11-13-8-10(7-12)14-11/h9-11H,3-8H2,1-2H3. The molecule has 1 rings (SSSR count). The zero-order valence-corrected chi connectivity index (χ0v) is 9.93. The summed E-state index contributed by atoms with van der Waals surface area (Å²) in [5.41, 5.74) is 0. The van der Waals surface area contributed by atoms with Crippen molar-refractivity contribution in [2.75, 3.05) is 12.5 Å². The monoisotopic (exact) mass is 220 g/mol. The summed E-state index contributed by atoms with van der Waals surface area (Å²) in [6.07, 6.45) is 4.93. The van der Waals surface area contributed by atoms with E-state index in [0.717, 1.165) is 6.42 Å². The third kappa shape index (κ3) is 3.41. The van der Waals surface area contributed by atoms with Gasteiger partial charge in [0.15, 0.2) is 6.29 Å². The molecule has 1 fully saturated rings. The molecule has 1 saturated heterocycles. The summed E-state index contributed by atoms with van der Waals surface area (Å²) >= 11 is 5.72. The molecule has 0 amide bonds. The number of alkyl halides is 1. The molecule has 0 saturated carbocycles. The van der Waals surface area contributed by atoms with Crippen LogP contribution in [0.15, 0.2) is 0 Å². The SMILES string of the molecule is CCCCC(CC)C1OCC(CCl)O1. The van der Waals surface area contributed by atoms with E-state index >= 15 is 0 Å². The lowest BCUT2D eigenvalue weighted by molar-refractivity contribution is -0.0969. The van der Waals surface area contributed by atoms with E-state index < -0.39 is 0 Å². The van der Waals surface area contributed by atoms with Crippen LogP contribution in [0.2, 0.25) is 0 Å². The Balaban J connectivity index is 2.30. The van der Waals surface area contributed by atoms with Crippen molar-refractivity contribution in [1.29, 1.82) is 0 Å². The number of unbranched alkanes of at least 4 members (excludes halogenated alkanes) is 1. The highest BCUT2D eigenvalue weighted by atomic mass is 35.5. The van der Waals surface area contributed by atoms with E-state index in [1.54, 1.807) is 0 Å². The lowest BCUT2D eigenvalue weighted by Crippen LogP contribution is -2.22. The third-order valence-corrected chi connectivity index (χ3v) is 3.13. The van der Waals surface area contributed by atoms with E-state index in [2.05, 4.69) is 13.8 Å². The fourth-order valence-corrected chi connectivity index (χ4v) is 1.96. The molecule has 0 aromatic heterocycles. The van der Waals surface area contributed by atoms with Gasteiger partial charge in [-0.3, -0.25) is 0 Å². The van der Waals surface area contributed by atoms with Gasteiger partial charge >= 0.3 is 0 Å². The van der Waals surface area contributed by atoms with Crippen LogP contribution in [0.25, 0.3) is 0 Å². The van der Waals surface area contributed by atoms with E-state index in [1.165, 1.54) is 19.3 Å². The van der Waals surface area contributed by atoms with Gasteiger partial charge in [0.25, 0.3) is 0 Å². The summed E-state index contributed by atoms with van der Waals surface area (Å²) in [4.78, 5) is 0. The van der Waals surface area contributed by atoms with Crippen molar-refractivity contribution in [2.24, 2.45) is 5.92 Å². The average molecular weight is 221 g/mol. The van der Waals surface area contributed by atoms with Crippen molar-refractivity contribution in [3.63, 3.8) is 0 Å². The summed E-state index contributed by atoms with van der Waals surface area (Å²) in [5, 5.41) is 0. The summed E-state index contributed by atoms with van der Waals surface area (Å²) in [6.45, 7) is 5.07. The summed E-state index contributed by atoms with van der Waals surface area (Å²) in [5.74, 6) is 1.09. The highest BCUT2D eigenvalue weighted by Crippen LogP contribution is 2.26. The van der Waals surface area contributed by atoms with Gasteiger partial charge in [-0.05, 0) is 12.8 Å². The van der Waals surface area contributed by atoms with E-state index in [-0.39, 0.29) is 12.4 Å². The first-order chi connectivity index (χ1) is 6.81. The van der Waals surface area contributed by atoms with E-state index in [4.69, 9.17) is 21.1 Å². The van der Waals surface area contributed by atoms with Crippen molar-refractivity contribution in [1.82, 2.24) is 0 Å². The first kappa shape index (κ1) is 12.3. The van der Waals surface area contributed by atoms with Gasteiger partial charge in [0, 0.05) is 5.92 Å². The lowest BCUT2D eigenvalue weighted by atomic mass is 9.99. The van der Waals surface area contributed by atoms with Crippen molar-refractivity contribution in [2.45, 2.75) is 51.9 Å². The summed E-state index contributed by atoms with van der Waals surface area (Å²) in [6, 6.07) is 0. The molecule has 0 aromatic carbocycles. The fourth-order valence-electron chi connectivity index (χ4n) is 1.80. The number of hydrogen-bond donors (Lipinski definition) is 0. The molecule has 84 valence electrons. The quantitative estimate of drug-likeness (QED) is 0.641. The van der Waals surface area contributed by atoms with Gasteiger partial charge < -0.3 is 9.47 Å². The number of halogens is 1. The van der Waals surface area contributed by atoms with Crippen molar-refractivity contribution >= 4 is 11.6 Å². The second-order valence-electron chi connectivity index (χ2n) is 3.92. The second kappa shape index (κ2) is 6.65. The Kier molecular flexibility index (Phi) is 5.83. The normalized spacial score (nSPS) is 29.4. The number of ether oxygens (including phenoxy) is 2. The van der Waals surface area contributed by atoms with Crippen LogP contribution in [0.1, 0.15) is 39.5 Å². The molecule has 0 aromatic rings. The topological polar surface area (TPSA) is 18.5 Å². The van der Waals surface area contributed by atoms with Crippen LogP contribution in [0.5, 0.6) is 0 Å². The van der Waals surface area contributed by atoms with Gasteiger partial charge in [0.1, 0.15) is 0 Å². The first-order valence-corrected chi connectivity index (χ1v) is 6.18. The molecule has 1 aliphatic heterocycles. The van der Waals surface area contributed by atoms with Crippen LogP contribution >= 0.6 is 11.6 Å². The van der Waals surface area contributed by atoms with Crippen LogP contribution in [0.3, 0.4) is 0 Å². The molecule has 0 aliphatic carbocycles. The Morgan fingerprint density at radius 2 is 2.21 bits per heavy atom. The van der Waals surface area contributed by atoms with Gasteiger partial charge in [0.05, 0.1) is 18.6 Å². The van der Waals surface area contributed by atoms with Crippen LogP contribution in [0, 0.1) is 5.92 Å². The molecule has 0 N–H and O–H groups in total. The molecule has 3 heteroatoms. The molecule has 2 nitrogen and oxygen atoms in total. The Labute approximate surface area is 91.9 Å². The Bertz CT molecular complexity index is 152. The molecule has 3 atom stereocenters. The Hall–Kier alpha value is 0.210. The van der Waals surface area contributed by atoms with E-state index in [9.17, 15) is 0 Å². The Morgan fingerprint density at radius 3 is 2.71 bits per heavy atom. The van der Waals surface area contributed by atoms with Gasteiger partial charge in [-0.15, -0.1) is 11.6 Å². The van der Waals surface area contributed by atoms with Crippen LogP contribution in [-0.4, -0.2) is 24.9 Å². The predicted octanol–water partition coefficient (Wildman–Crippen LogP) is 3.18. The number of hydrogen-bond acceptors (Lipinski definition) is 2. The van der Waals surface area contributed by atoms with Gasteiger partial charge in [-0.1, -0.05) is 26.7 Å². The highest BCUT2D eigenvalue weighted by Gasteiger charge is 2.30. The minimum absolute atomic E-state index is 0.00435. The maximum Gasteiger partial charge on any atom is 0.161 e. The van der Waals surface area contributed by atoms with Crippen molar-refractivity contribution < 1.29 is 9.47 Å². The zero-order chi connectivity index (χ0) is 10.4.